The molecule has 0 atom stereocenters. The van der Waals surface area contributed by atoms with Crippen LogP contribution in [0.25, 0.3) is 10.6 Å². The molecule has 6 heteroatoms. The van der Waals surface area contributed by atoms with E-state index in [0.29, 0.717) is 17.1 Å². The maximum atomic E-state index is 12.6. The number of alkyl halides is 3. The average molecular weight is 286 g/mol. The number of hydrogen-bond acceptors (Lipinski definition) is 3. The molecule has 0 saturated carbocycles. The maximum Gasteiger partial charge on any atom is 0.416 e. The molecule has 0 spiro atoms. The van der Waals surface area contributed by atoms with Crippen LogP contribution in [0.15, 0.2) is 30.5 Å². The van der Waals surface area contributed by atoms with Gasteiger partial charge in [0.2, 0.25) is 0 Å². The summed E-state index contributed by atoms with van der Waals surface area (Å²) in [5.41, 5.74) is 5.27. The molecule has 2 N–H and O–H groups in total. The topological polar surface area (TPSA) is 38.9 Å². The van der Waals surface area contributed by atoms with Gasteiger partial charge in [0.1, 0.15) is 5.01 Å². The summed E-state index contributed by atoms with van der Waals surface area (Å²) in [5.74, 6) is 0. The van der Waals surface area contributed by atoms with Gasteiger partial charge < -0.3 is 5.73 Å². The Morgan fingerprint density at radius 2 is 2.05 bits per heavy atom. The van der Waals surface area contributed by atoms with E-state index in [2.05, 4.69) is 4.98 Å². The smallest absolute Gasteiger partial charge is 0.330 e. The quantitative estimate of drug-likeness (QED) is 0.930. The fourth-order valence-corrected chi connectivity index (χ4v) is 2.61. The van der Waals surface area contributed by atoms with E-state index in [-0.39, 0.29) is 0 Å². The highest BCUT2D eigenvalue weighted by Crippen LogP contribution is 2.33. The Morgan fingerprint density at radius 3 is 2.74 bits per heavy atom. The van der Waals surface area contributed by atoms with Crippen molar-refractivity contribution in [2.24, 2.45) is 5.73 Å². The maximum absolute atomic E-state index is 12.6. The van der Waals surface area contributed by atoms with Crippen molar-refractivity contribution in [3.8, 4) is 10.6 Å². The van der Waals surface area contributed by atoms with Gasteiger partial charge in [-0.3, -0.25) is 0 Å². The Labute approximate surface area is 113 Å². The second-order valence-corrected chi connectivity index (χ2v) is 5.22. The number of thiazole rings is 1. The minimum Gasteiger partial charge on any atom is -0.330 e. The van der Waals surface area contributed by atoms with Gasteiger partial charge in [0.05, 0.1) is 5.56 Å². The molecule has 2 nitrogen and oxygen atoms in total. The number of nitrogens with two attached hydrogens (primary N) is 1. The fourth-order valence-electron chi connectivity index (χ4n) is 1.66. The molecule has 2 aromatic rings. The molecule has 0 aliphatic rings. The first-order valence-corrected chi connectivity index (χ1v) is 6.65. The third-order valence-corrected chi connectivity index (χ3v) is 3.72. The zero-order valence-corrected chi connectivity index (χ0v) is 10.9. The Morgan fingerprint density at radius 1 is 1.26 bits per heavy atom. The minimum atomic E-state index is -4.32. The van der Waals surface area contributed by atoms with E-state index in [9.17, 15) is 13.2 Å². The largest absolute Gasteiger partial charge is 0.416 e. The third kappa shape index (κ3) is 3.54. The van der Waals surface area contributed by atoms with Crippen LogP contribution >= 0.6 is 11.3 Å². The molecule has 0 aliphatic carbocycles. The highest BCUT2D eigenvalue weighted by Gasteiger charge is 2.30. The van der Waals surface area contributed by atoms with E-state index in [1.54, 1.807) is 12.3 Å². The second-order valence-electron chi connectivity index (χ2n) is 4.10. The molecule has 1 aromatic carbocycles. The first kappa shape index (κ1) is 14.0. The van der Waals surface area contributed by atoms with E-state index >= 15 is 0 Å². The number of hydrogen-bond donors (Lipinski definition) is 1. The number of halogens is 3. The molecule has 102 valence electrons. The Kier molecular flexibility index (Phi) is 4.21. The van der Waals surface area contributed by atoms with E-state index in [1.807, 2.05) is 0 Å². The monoisotopic (exact) mass is 286 g/mol. The van der Waals surface area contributed by atoms with Gasteiger partial charge in [0, 0.05) is 16.6 Å². The van der Waals surface area contributed by atoms with Crippen molar-refractivity contribution in [3.63, 3.8) is 0 Å². The predicted octanol–water partition coefficient (Wildman–Crippen LogP) is 3.72. The Balaban J connectivity index is 2.24. The zero-order valence-electron chi connectivity index (χ0n) is 10.1. The Bertz CT molecular complexity index is 549. The van der Waals surface area contributed by atoms with Crippen LogP contribution in [-0.4, -0.2) is 11.5 Å². The van der Waals surface area contributed by atoms with Crippen molar-refractivity contribution in [1.29, 1.82) is 0 Å². The standard InChI is InChI=1S/C13H13F3N2S/c14-13(15,16)10-4-1-3-9(7-10)12-18-8-11(19-12)5-2-6-17/h1,3-4,7-8H,2,5-6,17H2. The van der Waals surface area contributed by atoms with Crippen molar-refractivity contribution >= 4 is 11.3 Å². The number of aromatic nitrogens is 1. The number of rotatable bonds is 4. The molecule has 1 aromatic heterocycles. The van der Waals surface area contributed by atoms with Crippen molar-refractivity contribution in [3.05, 3.63) is 40.9 Å². The van der Waals surface area contributed by atoms with Gasteiger partial charge in [-0.25, -0.2) is 4.98 Å². The van der Waals surface area contributed by atoms with Gasteiger partial charge in [-0.2, -0.15) is 13.2 Å². The summed E-state index contributed by atoms with van der Waals surface area (Å²) in [6.45, 7) is 0.594. The van der Waals surface area contributed by atoms with Gasteiger partial charge in [-0.1, -0.05) is 12.1 Å². The summed E-state index contributed by atoms with van der Waals surface area (Å²) in [6.07, 6.45) is -0.955. The van der Waals surface area contributed by atoms with E-state index in [1.165, 1.54) is 17.4 Å². The van der Waals surface area contributed by atoms with Gasteiger partial charge in [0.15, 0.2) is 0 Å². The van der Waals surface area contributed by atoms with Crippen molar-refractivity contribution in [2.45, 2.75) is 19.0 Å². The van der Waals surface area contributed by atoms with Crippen LogP contribution in [-0.2, 0) is 12.6 Å². The van der Waals surface area contributed by atoms with Crippen molar-refractivity contribution in [2.75, 3.05) is 6.54 Å². The zero-order chi connectivity index (χ0) is 13.9. The first-order valence-electron chi connectivity index (χ1n) is 5.83. The number of benzene rings is 1. The highest BCUT2D eigenvalue weighted by molar-refractivity contribution is 7.15. The summed E-state index contributed by atoms with van der Waals surface area (Å²) in [7, 11) is 0. The van der Waals surface area contributed by atoms with E-state index in [0.717, 1.165) is 29.9 Å². The molecule has 1 heterocycles. The second kappa shape index (κ2) is 5.71. The summed E-state index contributed by atoms with van der Waals surface area (Å²) in [5, 5.41) is 0.609. The number of nitrogens with zero attached hydrogens (tertiary/aromatic N) is 1. The van der Waals surface area contributed by atoms with Gasteiger partial charge in [-0.05, 0) is 31.5 Å². The van der Waals surface area contributed by atoms with Crippen LogP contribution in [0.1, 0.15) is 16.9 Å². The lowest BCUT2D eigenvalue weighted by molar-refractivity contribution is -0.137. The van der Waals surface area contributed by atoms with Crippen LogP contribution < -0.4 is 5.73 Å². The minimum absolute atomic E-state index is 0.499. The molecule has 0 fully saturated rings. The molecule has 0 bridgehead atoms. The molecule has 0 unspecified atom stereocenters. The normalized spacial score (nSPS) is 11.8. The fraction of sp³-hybridized carbons (Fsp3) is 0.308. The highest BCUT2D eigenvalue weighted by atomic mass is 32.1. The first-order chi connectivity index (χ1) is 9.00. The molecule has 0 amide bonds. The molecule has 19 heavy (non-hydrogen) atoms. The van der Waals surface area contributed by atoms with Crippen LogP contribution in [0.3, 0.4) is 0 Å². The average Bonchev–Trinajstić information content (AvgIpc) is 2.84. The lowest BCUT2D eigenvalue weighted by Crippen LogP contribution is -2.04. The van der Waals surface area contributed by atoms with Crippen LogP contribution in [0.2, 0.25) is 0 Å². The molecular weight excluding hydrogens is 273 g/mol. The SMILES string of the molecule is NCCCc1cnc(-c2cccc(C(F)(F)F)c2)s1. The summed E-state index contributed by atoms with van der Waals surface area (Å²) in [4.78, 5) is 5.21. The van der Waals surface area contributed by atoms with Gasteiger partial charge >= 0.3 is 6.18 Å². The summed E-state index contributed by atoms with van der Waals surface area (Å²) >= 11 is 1.41. The lowest BCUT2D eigenvalue weighted by Gasteiger charge is -2.07. The van der Waals surface area contributed by atoms with Gasteiger partial charge in [-0.15, -0.1) is 11.3 Å². The summed E-state index contributed by atoms with van der Waals surface area (Å²) < 4.78 is 37.9. The predicted molar refractivity (Wildman–Crippen MR) is 69.9 cm³/mol. The lowest BCUT2D eigenvalue weighted by atomic mass is 10.1. The van der Waals surface area contributed by atoms with E-state index in [4.69, 9.17) is 5.73 Å². The summed E-state index contributed by atoms with van der Waals surface area (Å²) in [6, 6.07) is 5.23. The van der Waals surface area contributed by atoms with Crippen LogP contribution in [0.4, 0.5) is 13.2 Å². The molecule has 0 saturated heterocycles. The van der Waals surface area contributed by atoms with Crippen molar-refractivity contribution < 1.29 is 13.2 Å². The third-order valence-electron chi connectivity index (χ3n) is 2.62. The number of aryl methyl sites for hydroxylation is 1. The Hall–Kier alpha value is -1.40. The molecule has 0 radical (unpaired) electrons. The van der Waals surface area contributed by atoms with Crippen LogP contribution in [0.5, 0.6) is 0 Å². The molecule has 2 rings (SSSR count). The van der Waals surface area contributed by atoms with Crippen LogP contribution in [0, 0.1) is 0 Å². The van der Waals surface area contributed by atoms with Crippen molar-refractivity contribution in [1.82, 2.24) is 4.98 Å². The molecule has 0 aliphatic heterocycles. The van der Waals surface area contributed by atoms with Gasteiger partial charge in [0.25, 0.3) is 0 Å². The van der Waals surface area contributed by atoms with E-state index < -0.39 is 11.7 Å². The molecular formula is C13H13F3N2S.